The van der Waals surface area contributed by atoms with Crippen molar-refractivity contribution in [2.45, 2.75) is 25.1 Å². The van der Waals surface area contributed by atoms with Crippen LogP contribution in [-0.4, -0.2) is 57.4 Å². The van der Waals surface area contributed by atoms with Crippen LogP contribution in [0.4, 0.5) is 5.69 Å². The average molecular weight is 440 g/mol. The fourth-order valence-corrected chi connectivity index (χ4v) is 5.33. The summed E-state index contributed by atoms with van der Waals surface area (Å²) in [5, 5.41) is -0.436. The molecule has 0 spiro atoms. The van der Waals surface area contributed by atoms with Crippen molar-refractivity contribution in [3.05, 3.63) is 65.7 Å². The molecule has 156 valence electrons. The molecule has 0 aliphatic carbocycles. The number of amides is 2. The number of imide groups is 1. The molecule has 0 N–H and O–H groups in total. The van der Waals surface area contributed by atoms with Gasteiger partial charge in [0, 0.05) is 39.1 Å². The fraction of sp³-hybridized carbons (Fsp3) is 0.348. The zero-order chi connectivity index (χ0) is 21.1. The quantitative estimate of drug-likeness (QED) is 0.537. The van der Waals surface area contributed by atoms with Gasteiger partial charge >= 0.3 is 0 Å². The zero-order valence-corrected chi connectivity index (χ0v) is 18.6. The van der Waals surface area contributed by atoms with Crippen LogP contribution < -0.4 is 4.90 Å². The Hall–Kier alpha value is -2.22. The van der Waals surface area contributed by atoms with Gasteiger partial charge in [-0.3, -0.25) is 14.5 Å². The minimum Gasteiger partial charge on any atom is -0.355 e. The Bertz CT molecular complexity index is 925. The number of aryl methyl sites for hydroxylation is 1. The number of anilines is 1. The molecule has 2 fully saturated rings. The molecule has 0 bridgehead atoms. The summed E-state index contributed by atoms with van der Waals surface area (Å²) in [5.74, 6) is -0.323. The number of hydrogen-bond acceptors (Lipinski definition) is 5. The smallest absolute Gasteiger partial charge is 0.247 e. The van der Waals surface area contributed by atoms with Gasteiger partial charge in [-0.2, -0.15) is 0 Å². The Morgan fingerprint density at radius 3 is 2.33 bits per heavy atom. The van der Waals surface area contributed by atoms with E-state index in [1.807, 2.05) is 37.3 Å². The van der Waals surface area contributed by atoms with Crippen LogP contribution in [0.2, 0.25) is 0 Å². The molecule has 4 rings (SSSR count). The number of thioether (sulfide) groups is 1. The molecule has 2 aliphatic heterocycles. The standard InChI is InChI=1S/C23H25N3O2S2/c1-17-7-9-19(10-8-17)26-21(27)15-20(22(26)28)30-23(29)25-13-11-24(12-14-25)16-18-5-3-2-4-6-18/h2-10,20H,11-16H2,1H3/t20-/m1/s1. The molecule has 2 aromatic rings. The molecule has 7 heteroatoms. The van der Waals surface area contributed by atoms with E-state index >= 15 is 0 Å². The molecule has 0 radical (unpaired) electrons. The first kappa shape index (κ1) is 21.0. The second-order valence-electron chi connectivity index (χ2n) is 7.73. The second-order valence-corrected chi connectivity index (χ2v) is 9.56. The maximum Gasteiger partial charge on any atom is 0.247 e. The van der Waals surface area contributed by atoms with Gasteiger partial charge in [-0.15, -0.1) is 0 Å². The van der Waals surface area contributed by atoms with E-state index in [9.17, 15) is 9.59 Å². The topological polar surface area (TPSA) is 43.9 Å². The summed E-state index contributed by atoms with van der Waals surface area (Å²) in [4.78, 5) is 31.2. The number of carbonyl (C=O) groups is 2. The maximum absolute atomic E-state index is 12.9. The van der Waals surface area contributed by atoms with Crippen LogP contribution in [-0.2, 0) is 16.1 Å². The summed E-state index contributed by atoms with van der Waals surface area (Å²) in [6.45, 7) is 6.47. The third-order valence-electron chi connectivity index (χ3n) is 5.52. The normalized spacial score (nSPS) is 20.1. The Morgan fingerprint density at radius 1 is 1.00 bits per heavy atom. The van der Waals surface area contributed by atoms with Crippen LogP contribution in [0.5, 0.6) is 0 Å². The van der Waals surface area contributed by atoms with Gasteiger partial charge in [-0.1, -0.05) is 72.0 Å². The molecule has 0 aromatic heterocycles. The summed E-state index contributed by atoms with van der Waals surface area (Å²) in [5.41, 5.74) is 3.05. The average Bonchev–Trinajstić information content (AvgIpc) is 3.03. The van der Waals surface area contributed by atoms with E-state index in [1.54, 1.807) is 0 Å². The van der Waals surface area contributed by atoms with Crippen LogP contribution in [0.3, 0.4) is 0 Å². The largest absolute Gasteiger partial charge is 0.355 e. The molecule has 2 heterocycles. The number of piperazine rings is 1. The Kier molecular flexibility index (Phi) is 6.51. The van der Waals surface area contributed by atoms with Crippen molar-refractivity contribution in [1.82, 2.24) is 9.80 Å². The molecule has 2 amide bonds. The second kappa shape index (κ2) is 9.29. The van der Waals surface area contributed by atoms with Crippen molar-refractivity contribution in [3.8, 4) is 0 Å². The van der Waals surface area contributed by atoms with E-state index in [4.69, 9.17) is 12.2 Å². The molecule has 1 atom stereocenters. The lowest BCUT2D eigenvalue weighted by atomic mass is 10.2. The van der Waals surface area contributed by atoms with Gasteiger partial charge in [0.1, 0.15) is 9.57 Å². The van der Waals surface area contributed by atoms with E-state index in [1.165, 1.54) is 22.2 Å². The Labute approximate surface area is 187 Å². The van der Waals surface area contributed by atoms with E-state index in [-0.39, 0.29) is 18.2 Å². The maximum atomic E-state index is 12.9. The molecule has 2 aromatic carbocycles. The van der Waals surface area contributed by atoms with Crippen LogP contribution in [0, 0.1) is 6.92 Å². The molecular formula is C23H25N3O2S2. The van der Waals surface area contributed by atoms with Gasteiger partial charge in [0.05, 0.1) is 5.69 Å². The van der Waals surface area contributed by atoms with Gasteiger partial charge < -0.3 is 4.90 Å². The number of carbonyl (C=O) groups excluding carboxylic acids is 2. The van der Waals surface area contributed by atoms with Crippen LogP contribution in [0.1, 0.15) is 17.5 Å². The van der Waals surface area contributed by atoms with Crippen LogP contribution in [0.15, 0.2) is 54.6 Å². The third-order valence-corrected chi connectivity index (χ3v) is 7.18. The first-order valence-electron chi connectivity index (χ1n) is 10.2. The predicted molar refractivity (Wildman–Crippen MR) is 126 cm³/mol. The number of nitrogens with zero attached hydrogens (tertiary/aromatic N) is 3. The monoisotopic (exact) mass is 439 g/mol. The van der Waals surface area contributed by atoms with E-state index in [2.05, 4.69) is 34.1 Å². The lowest BCUT2D eigenvalue weighted by molar-refractivity contribution is -0.121. The van der Waals surface area contributed by atoms with Crippen molar-refractivity contribution >= 4 is 45.8 Å². The molecule has 0 unspecified atom stereocenters. The number of thiocarbonyl (C=S) groups is 1. The molecule has 5 nitrogen and oxygen atoms in total. The molecule has 30 heavy (non-hydrogen) atoms. The van der Waals surface area contributed by atoms with Crippen molar-refractivity contribution in [1.29, 1.82) is 0 Å². The molecular weight excluding hydrogens is 414 g/mol. The van der Waals surface area contributed by atoms with Gasteiger partial charge in [-0.05, 0) is 24.6 Å². The fourth-order valence-electron chi connectivity index (χ4n) is 3.79. The number of rotatable bonds is 4. The summed E-state index contributed by atoms with van der Waals surface area (Å²) >= 11 is 6.99. The van der Waals surface area contributed by atoms with E-state index < -0.39 is 5.25 Å². The SMILES string of the molecule is Cc1ccc(N2C(=O)C[C@@H](SC(=S)N3CCN(Cc4ccccc4)CC3)C2=O)cc1. The minimum atomic E-state index is -0.436. The number of hydrogen-bond donors (Lipinski definition) is 0. The molecule has 2 saturated heterocycles. The van der Waals surface area contributed by atoms with Gasteiger partial charge in [0.25, 0.3) is 0 Å². The molecule has 2 aliphatic rings. The summed E-state index contributed by atoms with van der Waals surface area (Å²) in [6, 6.07) is 17.9. The lowest BCUT2D eigenvalue weighted by Gasteiger charge is -2.36. The lowest BCUT2D eigenvalue weighted by Crippen LogP contribution is -2.47. The predicted octanol–water partition coefficient (Wildman–Crippen LogP) is 3.46. The Balaban J connectivity index is 1.30. The van der Waals surface area contributed by atoms with Crippen molar-refractivity contribution in [3.63, 3.8) is 0 Å². The van der Waals surface area contributed by atoms with Crippen molar-refractivity contribution < 1.29 is 9.59 Å². The summed E-state index contributed by atoms with van der Waals surface area (Å²) in [7, 11) is 0. The van der Waals surface area contributed by atoms with Crippen molar-refractivity contribution in [2.75, 3.05) is 31.1 Å². The summed E-state index contributed by atoms with van der Waals surface area (Å²) < 4.78 is 0.714. The number of benzene rings is 2. The van der Waals surface area contributed by atoms with Crippen molar-refractivity contribution in [2.24, 2.45) is 0 Å². The van der Waals surface area contributed by atoms with Gasteiger partial charge in [0.2, 0.25) is 11.8 Å². The molecule has 0 saturated carbocycles. The first-order chi connectivity index (χ1) is 14.5. The zero-order valence-electron chi connectivity index (χ0n) is 17.0. The highest BCUT2D eigenvalue weighted by Crippen LogP contribution is 2.31. The first-order valence-corrected chi connectivity index (χ1v) is 11.5. The van der Waals surface area contributed by atoms with E-state index in [0.29, 0.717) is 10.0 Å². The highest BCUT2D eigenvalue weighted by molar-refractivity contribution is 8.23. The third kappa shape index (κ3) is 4.74. The van der Waals surface area contributed by atoms with Crippen LogP contribution >= 0.6 is 24.0 Å². The van der Waals surface area contributed by atoms with Crippen LogP contribution in [0.25, 0.3) is 0 Å². The Morgan fingerprint density at radius 2 is 1.67 bits per heavy atom. The van der Waals surface area contributed by atoms with Gasteiger partial charge in [0.15, 0.2) is 0 Å². The van der Waals surface area contributed by atoms with Gasteiger partial charge in [-0.25, -0.2) is 4.90 Å². The summed E-state index contributed by atoms with van der Waals surface area (Å²) in [6.07, 6.45) is 0.200. The minimum absolute atomic E-state index is 0.156. The highest BCUT2D eigenvalue weighted by atomic mass is 32.2. The highest BCUT2D eigenvalue weighted by Gasteiger charge is 2.41. The van der Waals surface area contributed by atoms with E-state index in [0.717, 1.165) is 38.3 Å².